The molecule has 10 aromatic rings. The fourth-order valence-corrected chi connectivity index (χ4v) is 10.1. The van der Waals surface area contributed by atoms with E-state index >= 15 is 0 Å². The molecule has 0 unspecified atom stereocenters. The van der Waals surface area contributed by atoms with Crippen LogP contribution in [0.5, 0.6) is 0 Å². The zero-order valence-electron chi connectivity index (χ0n) is 42.4. The van der Waals surface area contributed by atoms with Gasteiger partial charge < -0.3 is 9.31 Å². The summed E-state index contributed by atoms with van der Waals surface area (Å²) >= 11 is 10.7. The second-order valence-electron chi connectivity index (χ2n) is 19.4. The highest BCUT2D eigenvalue weighted by molar-refractivity contribution is 9.11. The molecule has 1 fully saturated rings. The Labute approximate surface area is 462 Å². The largest absolute Gasteiger partial charge is 0.494 e. The van der Waals surface area contributed by atoms with E-state index in [9.17, 15) is 0 Å². The molecule has 0 radical (unpaired) electrons. The Morgan fingerprint density at radius 3 is 1.16 bits per heavy atom. The van der Waals surface area contributed by atoms with Crippen molar-refractivity contribution < 1.29 is 9.31 Å². The van der Waals surface area contributed by atoms with Gasteiger partial charge in [-0.2, -0.15) is 0 Å². The minimum absolute atomic E-state index is 0.326. The third-order valence-electron chi connectivity index (χ3n) is 13.6. The van der Waals surface area contributed by atoms with Crippen molar-refractivity contribution in [1.82, 2.24) is 9.97 Å². The van der Waals surface area contributed by atoms with Crippen LogP contribution in [0.25, 0.3) is 78.0 Å². The van der Waals surface area contributed by atoms with Crippen molar-refractivity contribution in [3.8, 4) is 78.0 Å². The van der Waals surface area contributed by atoms with Crippen molar-refractivity contribution >= 4 is 60.4 Å². The molecule has 3 heterocycles. The maximum atomic E-state index is 6.15. The number of hydrogen-bond donors (Lipinski definition) is 0. The van der Waals surface area contributed by atoms with Gasteiger partial charge in [0.1, 0.15) is 4.60 Å². The van der Waals surface area contributed by atoms with Gasteiger partial charge in [-0.15, -0.1) is 0 Å². The molecule has 2 aromatic heterocycles. The number of halogens is 3. The van der Waals surface area contributed by atoms with Gasteiger partial charge in [0.15, 0.2) is 0 Å². The maximum absolute atomic E-state index is 6.15. The highest BCUT2D eigenvalue weighted by Crippen LogP contribution is 2.38. The van der Waals surface area contributed by atoms with E-state index < -0.39 is 0 Å². The quantitative estimate of drug-likeness (QED) is 0.112. The van der Waals surface area contributed by atoms with Crippen LogP contribution in [0.4, 0.5) is 0 Å². The summed E-state index contributed by atoms with van der Waals surface area (Å²) in [6, 6.07) is 76.2. The molecule has 8 aromatic carbocycles. The molecule has 8 heteroatoms. The van der Waals surface area contributed by atoms with Gasteiger partial charge in [-0.25, -0.2) is 4.98 Å². The van der Waals surface area contributed by atoms with Crippen molar-refractivity contribution in [3.05, 3.63) is 255 Å². The number of nitrogens with zero attached hydrogens (tertiary/aromatic N) is 2. The van der Waals surface area contributed by atoms with Gasteiger partial charge in [0.25, 0.3) is 0 Å². The summed E-state index contributed by atoms with van der Waals surface area (Å²) in [7, 11) is -0.343. The molecule has 0 saturated carbocycles. The smallest absolute Gasteiger partial charge is 0.399 e. The van der Waals surface area contributed by atoms with Crippen LogP contribution in [0.15, 0.2) is 244 Å². The molecule has 0 bridgehead atoms. The molecular formula is C66H56BBr3N2O2. The average molecular weight is 1160 g/mol. The van der Waals surface area contributed by atoms with Crippen LogP contribution in [0.1, 0.15) is 38.8 Å². The van der Waals surface area contributed by atoms with Gasteiger partial charge >= 0.3 is 7.12 Å². The Morgan fingerprint density at radius 2 is 0.703 bits per heavy atom. The lowest BCUT2D eigenvalue weighted by Crippen LogP contribution is -2.41. The SMILES string of the molecule is CC1(C)OB(c2cc(Br)cc(-c3ccccc3)c2)OC1(C)C.Cc1cnc(-c2cc(Br)cc(-c3ccccc3)c2)cc1-c1ccc(-c2ccccc2)cc1.Cc1cnc(Br)cc1-c1ccc(-c2ccccc2)cc1. The molecule has 4 nitrogen and oxygen atoms in total. The zero-order valence-corrected chi connectivity index (χ0v) is 47.1. The van der Waals surface area contributed by atoms with Gasteiger partial charge in [-0.3, -0.25) is 4.98 Å². The molecule has 1 aliphatic rings. The molecule has 0 amide bonds. The lowest BCUT2D eigenvalue weighted by molar-refractivity contribution is 0.00578. The lowest BCUT2D eigenvalue weighted by Gasteiger charge is -2.32. The highest BCUT2D eigenvalue weighted by Gasteiger charge is 2.51. The van der Waals surface area contributed by atoms with Crippen LogP contribution in [0.2, 0.25) is 0 Å². The minimum atomic E-state index is -0.343. The van der Waals surface area contributed by atoms with Crippen LogP contribution < -0.4 is 5.46 Å². The molecular weight excluding hydrogens is 1100 g/mol. The summed E-state index contributed by atoms with van der Waals surface area (Å²) < 4.78 is 15.2. The van der Waals surface area contributed by atoms with Crippen molar-refractivity contribution in [3.63, 3.8) is 0 Å². The van der Waals surface area contributed by atoms with Crippen molar-refractivity contribution in [1.29, 1.82) is 0 Å². The Bertz CT molecular complexity index is 3470. The Hall–Kier alpha value is -6.52. The standard InChI is InChI=1S/C30H22BrN.C18H20BBrO2.C18H14BrN/c1-21-20-32-30(27-16-26(17-28(31)18-27)23-10-6-3-7-11-23)19-29(21)25-14-12-24(13-15-25)22-8-4-2-5-9-22;1-17(2)18(3,4)22-19(21-17)15-10-14(11-16(20)12-15)13-8-6-5-7-9-13;1-13-12-20-18(19)11-17(13)16-9-7-15(8-10-16)14-5-3-2-4-6-14/h2-20H,1H3;5-12H,1-4H3;2-12H,1H3. The third-order valence-corrected chi connectivity index (χ3v) is 15.0. The monoisotopic (exact) mass is 1160 g/mol. The van der Waals surface area contributed by atoms with E-state index in [4.69, 9.17) is 14.3 Å². The number of aromatic nitrogens is 2. The molecule has 1 saturated heterocycles. The molecule has 74 heavy (non-hydrogen) atoms. The van der Waals surface area contributed by atoms with Crippen LogP contribution in [0.3, 0.4) is 0 Å². The lowest BCUT2D eigenvalue weighted by atomic mass is 9.78. The van der Waals surface area contributed by atoms with Crippen molar-refractivity contribution in [2.45, 2.75) is 52.7 Å². The van der Waals surface area contributed by atoms with Crippen LogP contribution in [0, 0.1) is 13.8 Å². The van der Waals surface area contributed by atoms with Gasteiger partial charge in [0.2, 0.25) is 0 Å². The third kappa shape index (κ3) is 12.7. The summed E-state index contributed by atoms with van der Waals surface area (Å²) in [4.78, 5) is 9.00. The average Bonchev–Trinajstić information content (AvgIpc) is 3.66. The zero-order chi connectivity index (χ0) is 51.8. The second kappa shape index (κ2) is 23.4. The highest BCUT2D eigenvalue weighted by atomic mass is 79.9. The Balaban J connectivity index is 0.000000142. The molecule has 1 aliphatic heterocycles. The van der Waals surface area contributed by atoms with Crippen molar-refractivity contribution in [2.75, 3.05) is 0 Å². The number of benzene rings is 8. The van der Waals surface area contributed by atoms with E-state index in [0.717, 1.165) is 35.8 Å². The topological polar surface area (TPSA) is 44.2 Å². The number of hydrogen-bond acceptors (Lipinski definition) is 4. The summed E-state index contributed by atoms with van der Waals surface area (Å²) in [5, 5.41) is 0. The van der Waals surface area contributed by atoms with Gasteiger partial charge in [-0.1, -0.05) is 208 Å². The molecule has 0 N–H and O–H groups in total. The fourth-order valence-electron chi connectivity index (χ4n) is 8.81. The van der Waals surface area contributed by atoms with E-state index in [2.05, 4.69) is 276 Å². The van der Waals surface area contributed by atoms with Gasteiger partial charge in [0, 0.05) is 26.9 Å². The van der Waals surface area contributed by atoms with Gasteiger partial charge in [0.05, 0.1) is 16.9 Å². The first-order valence-electron chi connectivity index (χ1n) is 24.7. The van der Waals surface area contributed by atoms with E-state index in [1.165, 1.54) is 72.3 Å². The summed E-state index contributed by atoms with van der Waals surface area (Å²) in [6.45, 7) is 12.5. The summed E-state index contributed by atoms with van der Waals surface area (Å²) in [5.41, 5.74) is 19.3. The molecule has 0 aliphatic carbocycles. The van der Waals surface area contributed by atoms with E-state index in [-0.39, 0.29) is 18.3 Å². The van der Waals surface area contributed by atoms with Crippen molar-refractivity contribution in [2.24, 2.45) is 0 Å². The normalized spacial score (nSPS) is 13.3. The summed E-state index contributed by atoms with van der Waals surface area (Å²) in [5.74, 6) is 0. The first-order valence-corrected chi connectivity index (χ1v) is 27.1. The first-order chi connectivity index (χ1) is 35.7. The van der Waals surface area contributed by atoms with Crippen LogP contribution in [-0.4, -0.2) is 28.3 Å². The maximum Gasteiger partial charge on any atom is 0.494 e. The Morgan fingerprint density at radius 1 is 0.351 bits per heavy atom. The predicted molar refractivity (Wildman–Crippen MR) is 321 cm³/mol. The number of aryl methyl sites for hydroxylation is 2. The van der Waals surface area contributed by atoms with Gasteiger partial charge in [-0.05, 0) is 183 Å². The van der Waals surface area contributed by atoms with E-state index in [1.807, 2.05) is 48.8 Å². The molecule has 366 valence electrons. The predicted octanol–water partition coefficient (Wildman–Crippen LogP) is 18.7. The van der Waals surface area contributed by atoms with Crippen LogP contribution in [-0.2, 0) is 9.31 Å². The minimum Gasteiger partial charge on any atom is -0.399 e. The number of rotatable bonds is 8. The van der Waals surface area contributed by atoms with Crippen LogP contribution >= 0.6 is 47.8 Å². The number of pyridine rings is 2. The molecule has 0 atom stereocenters. The molecule has 0 spiro atoms. The van der Waals surface area contributed by atoms with E-state index in [0.29, 0.717) is 0 Å². The fraction of sp³-hybridized carbons (Fsp3) is 0.121. The molecule has 11 rings (SSSR count). The second-order valence-corrected chi connectivity index (χ2v) is 22.1. The Kier molecular flexibility index (Phi) is 16.5. The van der Waals surface area contributed by atoms with E-state index in [1.54, 1.807) is 0 Å². The first kappa shape index (κ1) is 52.4. The summed E-state index contributed by atoms with van der Waals surface area (Å²) in [6.07, 6.45) is 3.86.